The molecule has 0 amide bonds. The third kappa shape index (κ3) is 6.90. The lowest BCUT2D eigenvalue weighted by Crippen LogP contribution is -2.27. The zero-order valence-electron chi connectivity index (χ0n) is 18.5. The number of nitrogens with one attached hydrogen (secondary N) is 1. The van der Waals surface area contributed by atoms with E-state index >= 15 is 0 Å². The van der Waals surface area contributed by atoms with E-state index in [9.17, 15) is 10.1 Å². The molecule has 8 heteroatoms. The molecule has 0 saturated heterocycles. The van der Waals surface area contributed by atoms with Gasteiger partial charge in [-0.15, -0.1) is 11.3 Å². The van der Waals surface area contributed by atoms with E-state index in [1.54, 1.807) is 30.5 Å². The number of carbonyl (C=O) groups is 1. The molecule has 170 valence electrons. The Morgan fingerprint density at radius 2 is 1.88 bits per heavy atom. The van der Waals surface area contributed by atoms with Crippen molar-refractivity contribution in [2.75, 3.05) is 31.6 Å². The fourth-order valence-corrected chi connectivity index (χ4v) is 3.96. The van der Waals surface area contributed by atoms with Crippen LogP contribution in [0.4, 0.5) is 5.69 Å². The topological polar surface area (TPSA) is 78.2 Å². The van der Waals surface area contributed by atoms with E-state index in [0.29, 0.717) is 27.8 Å². The van der Waals surface area contributed by atoms with Crippen molar-refractivity contribution in [1.82, 2.24) is 9.88 Å². The normalized spacial score (nSPS) is 11.3. The molecule has 3 aromatic rings. The van der Waals surface area contributed by atoms with Crippen LogP contribution in [0.1, 0.15) is 29.2 Å². The van der Waals surface area contributed by atoms with Crippen LogP contribution in [0.5, 0.6) is 0 Å². The lowest BCUT2D eigenvalue weighted by molar-refractivity contribution is 0.0466. The van der Waals surface area contributed by atoms with E-state index < -0.39 is 0 Å². The van der Waals surface area contributed by atoms with Gasteiger partial charge in [-0.05, 0) is 49.5 Å². The minimum atomic E-state index is -0.348. The van der Waals surface area contributed by atoms with Crippen LogP contribution < -0.4 is 5.32 Å². The number of nitrogens with zero attached hydrogens (tertiary/aromatic N) is 3. The molecular weight excluding hydrogens is 456 g/mol. The molecule has 0 aliphatic carbocycles. The number of halogens is 1. The van der Waals surface area contributed by atoms with E-state index in [4.69, 9.17) is 16.3 Å². The van der Waals surface area contributed by atoms with Crippen LogP contribution in [-0.2, 0) is 4.74 Å². The lowest BCUT2D eigenvalue weighted by atomic mass is 10.2. The molecule has 0 bridgehead atoms. The lowest BCUT2D eigenvalue weighted by Gasteiger charge is -2.17. The van der Waals surface area contributed by atoms with E-state index in [0.717, 1.165) is 36.6 Å². The van der Waals surface area contributed by atoms with Gasteiger partial charge in [0.2, 0.25) is 0 Å². The molecule has 0 atom stereocenters. The number of anilines is 1. The SMILES string of the molecule is CCN(CC)CCOC(=O)c1ccc(N/C=C(/C#N)c2nc(-c3ccc(Cl)cc3)cs2)cc1. The summed E-state index contributed by atoms with van der Waals surface area (Å²) in [5.41, 5.74) is 3.37. The summed E-state index contributed by atoms with van der Waals surface area (Å²) in [6.07, 6.45) is 1.61. The van der Waals surface area contributed by atoms with Gasteiger partial charge in [0.15, 0.2) is 0 Å². The highest BCUT2D eigenvalue weighted by atomic mass is 35.5. The maximum absolute atomic E-state index is 12.2. The Morgan fingerprint density at radius 3 is 2.52 bits per heavy atom. The Bertz CT molecular complexity index is 1130. The average molecular weight is 481 g/mol. The van der Waals surface area contributed by atoms with Gasteiger partial charge >= 0.3 is 5.97 Å². The predicted molar refractivity (Wildman–Crippen MR) is 134 cm³/mol. The van der Waals surface area contributed by atoms with E-state index in [1.165, 1.54) is 11.3 Å². The number of ether oxygens (including phenoxy) is 1. The van der Waals surface area contributed by atoms with E-state index in [-0.39, 0.29) is 5.97 Å². The van der Waals surface area contributed by atoms with Crippen LogP contribution in [0.2, 0.25) is 5.02 Å². The number of likely N-dealkylation sites (N-methyl/N-ethyl adjacent to an activating group) is 1. The summed E-state index contributed by atoms with van der Waals surface area (Å²) in [7, 11) is 0. The zero-order chi connectivity index (χ0) is 23.6. The molecule has 6 nitrogen and oxygen atoms in total. The first-order chi connectivity index (χ1) is 16.0. The van der Waals surface area contributed by atoms with E-state index in [2.05, 4.69) is 35.1 Å². The number of hydrogen-bond donors (Lipinski definition) is 1. The molecular formula is C25H25ClN4O2S. The molecule has 2 aromatic carbocycles. The van der Waals surface area contributed by atoms with Gasteiger partial charge in [-0.1, -0.05) is 37.6 Å². The summed E-state index contributed by atoms with van der Waals surface area (Å²) < 4.78 is 5.35. The van der Waals surface area contributed by atoms with Crippen molar-refractivity contribution < 1.29 is 9.53 Å². The largest absolute Gasteiger partial charge is 0.461 e. The Hall–Kier alpha value is -3.18. The Labute approximate surface area is 203 Å². The van der Waals surface area contributed by atoms with Crippen LogP contribution in [0.3, 0.4) is 0 Å². The molecule has 0 spiro atoms. The fourth-order valence-electron chi connectivity index (χ4n) is 3.04. The predicted octanol–water partition coefficient (Wildman–Crippen LogP) is 5.94. The highest BCUT2D eigenvalue weighted by Crippen LogP contribution is 2.27. The smallest absolute Gasteiger partial charge is 0.338 e. The number of nitriles is 1. The first kappa shape index (κ1) is 24.5. The molecule has 1 aromatic heterocycles. The first-order valence-corrected chi connectivity index (χ1v) is 11.9. The van der Waals surface area contributed by atoms with Gasteiger partial charge in [0.05, 0.1) is 11.3 Å². The second kappa shape index (κ2) is 12.2. The summed E-state index contributed by atoms with van der Waals surface area (Å²) in [6, 6.07) is 16.5. The van der Waals surface area contributed by atoms with Crippen molar-refractivity contribution in [2.45, 2.75) is 13.8 Å². The van der Waals surface area contributed by atoms with Gasteiger partial charge < -0.3 is 15.0 Å². The van der Waals surface area contributed by atoms with Gasteiger partial charge in [0, 0.05) is 34.4 Å². The average Bonchev–Trinajstić information content (AvgIpc) is 3.33. The number of benzene rings is 2. The molecule has 0 unspecified atom stereocenters. The second-order valence-electron chi connectivity index (χ2n) is 7.10. The number of esters is 1. The van der Waals surface area contributed by atoms with Gasteiger partial charge in [0.25, 0.3) is 0 Å². The van der Waals surface area contributed by atoms with Crippen molar-refractivity contribution in [3.63, 3.8) is 0 Å². The molecule has 0 aliphatic rings. The molecule has 0 radical (unpaired) electrons. The third-order valence-electron chi connectivity index (χ3n) is 5.03. The Kier molecular flexibility index (Phi) is 9.02. The van der Waals surface area contributed by atoms with Gasteiger partial charge in [-0.3, -0.25) is 0 Å². The maximum atomic E-state index is 12.2. The van der Waals surface area contributed by atoms with Gasteiger partial charge in [-0.25, -0.2) is 9.78 Å². The number of aromatic nitrogens is 1. The van der Waals surface area contributed by atoms with Crippen LogP contribution in [0, 0.1) is 11.3 Å². The van der Waals surface area contributed by atoms with Gasteiger partial charge in [0.1, 0.15) is 23.3 Å². The quantitative estimate of drug-likeness (QED) is 0.286. The minimum Gasteiger partial charge on any atom is -0.461 e. The van der Waals surface area contributed by atoms with Crippen LogP contribution >= 0.6 is 22.9 Å². The minimum absolute atomic E-state index is 0.348. The van der Waals surface area contributed by atoms with Crippen molar-refractivity contribution in [2.24, 2.45) is 0 Å². The summed E-state index contributed by atoms with van der Waals surface area (Å²) in [5.74, 6) is -0.348. The summed E-state index contributed by atoms with van der Waals surface area (Å²) in [4.78, 5) is 19.0. The summed E-state index contributed by atoms with van der Waals surface area (Å²) >= 11 is 7.34. The van der Waals surface area contributed by atoms with Crippen molar-refractivity contribution in [3.8, 4) is 17.3 Å². The van der Waals surface area contributed by atoms with Crippen LogP contribution in [-0.4, -0.2) is 42.1 Å². The highest BCUT2D eigenvalue weighted by Gasteiger charge is 2.10. The number of allylic oxidation sites excluding steroid dienone is 1. The Balaban J connectivity index is 1.60. The molecule has 0 fully saturated rings. The number of thiazole rings is 1. The first-order valence-electron chi connectivity index (χ1n) is 10.6. The number of carbonyl (C=O) groups excluding carboxylic acids is 1. The van der Waals surface area contributed by atoms with Crippen molar-refractivity contribution >= 4 is 40.2 Å². The molecule has 33 heavy (non-hydrogen) atoms. The number of rotatable bonds is 10. The van der Waals surface area contributed by atoms with E-state index in [1.807, 2.05) is 29.6 Å². The summed E-state index contributed by atoms with van der Waals surface area (Å²) in [5, 5.41) is 15.9. The van der Waals surface area contributed by atoms with Crippen molar-refractivity contribution in [3.05, 3.63) is 75.7 Å². The monoisotopic (exact) mass is 480 g/mol. The molecule has 0 aliphatic heterocycles. The maximum Gasteiger partial charge on any atom is 0.338 e. The number of hydrogen-bond acceptors (Lipinski definition) is 7. The van der Waals surface area contributed by atoms with Crippen LogP contribution in [0.25, 0.3) is 16.8 Å². The zero-order valence-corrected chi connectivity index (χ0v) is 20.1. The molecule has 1 N–H and O–H groups in total. The van der Waals surface area contributed by atoms with Crippen LogP contribution in [0.15, 0.2) is 60.1 Å². The third-order valence-corrected chi connectivity index (χ3v) is 6.16. The summed E-state index contributed by atoms with van der Waals surface area (Å²) in [6.45, 7) is 7.09. The van der Waals surface area contributed by atoms with Crippen molar-refractivity contribution in [1.29, 1.82) is 5.26 Å². The molecule has 3 rings (SSSR count). The molecule has 0 saturated carbocycles. The van der Waals surface area contributed by atoms with Gasteiger partial charge in [-0.2, -0.15) is 5.26 Å². The molecule has 1 heterocycles. The standard InChI is InChI=1S/C25H25ClN4O2S/c1-3-30(4-2)13-14-32-25(31)19-7-11-22(12-8-19)28-16-20(15-27)24-29-23(17-33-24)18-5-9-21(26)10-6-18/h5-12,16-17,28H,3-4,13-14H2,1-2H3/b20-16-. The Morgan fingerprint density at radius 1 is 1.18 bits per heavy atom. The fraction of sp³-hybridized carbons (Fsp3) is 0.240. The highest BCUT2D eigenvalue weighted by molar-refractivity contribution is 7.11. The second-order valence-corrected chi connectivity index (χ2v) is 8.39.